The van der Waals surface area contributed by atoms with Gasteiger partial charge in [-0.1, -0.05) is 64.2 Å². The number of ether oxygens (including phenoxy) is 1. The molecular formula is C30H29Cl3N2O5S. The molecule has 0 bridgehead atoms. The predicted molar refractivity (Wildman–Crippen MR) is 160 cm³/mol. The SMILES string of the molecule is NS(=O)(=O)c1cccc(C(CCO)CCc2ccc(OCc3c(-c4c(Cl)cccc4Cl)noc3C3CC3)cc2Cl)c1. The Balaban J connectivity index is 1.30. The van der Waals surface area contributed by atoms with Crippen molar-refractivity contribution in [3.05, 3.63) is 98.2 Å². The summed E-state index contributed by atoms with van der Waals surface area (Å²) in [5, 5.41) is 20.7. The fourth-order valence-corrected chi connectivity index (χ4v) is 6.34. The average Bonchev–Trinajstić information content (AvgIpc) is 3.70. The third-order valence-corrected chi connectivity index (χ3v) is 9.16. The van der Waals surface area contributed by atoms with Crippen LogP contribution < -0.4 is 9.88 Å². The van der Waals surface area contributed by atoms with Crippen LogP contribution in [0.25, 0.3) is 11.3 Å². The topological polar surface area (TPSA) is 116 Å². The lowest BCUT2D eigenvalue weighted by Crippen LogP contribution is -2.13. The summed E-state index contributed by atoms with van der Waals surface area (Å²) in [6.45, 7) is 0.179. The lowest BCUT2D eigenvalue weighted by atomic mass is 9.90. The molecule has 5 rings (SSSR count). The summed E-state index contributed by atoms with van der Waals surface area (Å²) in [6, 6.07) is 17.4. The summed E-state index contributed by atoms with van der Waals surface area (Å²) in [5.74, 6) is 1.61. The minimum atomic E-state index is -3.82. The second-order valence-electron chi connectivity index (χ2n) is 10.2. The highest BCUT2D eigenvalue weighted by Gasteiger charge is 2.33. The van der Waals surface area contributed by atoms with Gasteiger partial charge >= 0.3 is 0 Å². The van der Waals surface area contributed by atoms with Gasteiger partial charge in [-0.3, -0.25) is 0 Å². The molecule has 3 N–H and O–H groups in total. The molecule has 0 saturated heterocycles. The minimum Gasteiger partial charge on any atom is -0.489 e. The number of aliphatic hydroxyl groups is 1. The molecular weight excluding hydrogens is 607 g/mol. The highest BCUT2D eigenvalue weighted by Crippen LogP contribution is 2.46. The van der Waals surface area contributed by atoms with Crippen molar-refractivity contribution in [3.8, 4) is 17.0 Å². The van der Waals surface area contributed by atoms with Crippen LogP contribution in [-0.4, -0.2) is 25.3 Å². The molecule has 1 saturated carbocycles. The average molecular weight is 636 g/mol. The number of aryl methyl sites for hydroxylation is 1. The number of aromatic nitrogens is 1. The maximum atomic E-state index is 11.8. The van der Waals surface area contributed by atoms with Gasteiger partial charge in [0.1, 0.15) is 23.8 Å². The van der Waals surface area contributed by atoms with Crippen LogP contribution in [0.3, 0.4) is 0 Å². The van der Waals surface area contributed by atoms with E-state index in [-0.39, 0.29) is 24.0 Å². The zero-order valence-corrected chi connectivity index (χ0v) is 25.1. The molecule has 1 aromatic heterocycles. The van der Waals surface area contributed by atoms with Crippen molar-refractivity contribution in [1.82, 2.24) is 5.16 Å². The van der Waals surface area contributed by atoms with Gasteiger partial charge in [-0.05, 0) is 85.5 Å². The molecule has 41 heavy (non-hydrogen) atoms. The summed E-state index contributed by atoms with van der Waals surface area (Å²) < 4.78 is 35.5. The van der Waals surface area contributed by atoms with Crippen molar-refractivity contribution in [2.75, 3.05) is 6.61 Å². The van der Waals surface area contributed by atoms with Crippen LogP contribution in [0.5, 0.6) is 5.75 Å². The first kappa shape index (κ1) is 29.9. The van der Waals surface area contributed by atoms with Crippen LogP contribution >= 0.6 is 34.8 Å². The van der Waals surface area contributed by atoms with Gasteiger partial charge in [0, 0.05) is 23.1 Å². The smallest absolute Gasteiger partial charge is 0.238 e. The van der Waals surface area contributed by atoms with Crippen molar-refractivity contribution < 1.29 is 22.8 Å². The number of rotatable bonds is 12. The van der Waals surface area contributed by atoms with E-state index in [4.69, 9.17) is 49.2 Å². The Kier molecular flexibility index (Phi) is 9.28. The maximum Gasteiger partial charge on any atom is 0.238 e. The Hall–Kier alpha value is -2.59. The Morgan fingerprint density at radius 3 is 2.39 bits per heavy atom. The maximum absolute atomic E-state index is 11.8. The summed E-state index contributed by atoms with van der Waals surface area (Å²) in [7, 11) is -3.82. The Bertz CT molecular complexity index is 1630. The molecule has 1 atom stereocenters. The number of primary sulfonamides is 1. The zero-order valence-electron chi connectivity index (χ0n) is 22.0. The lowest BCUT2D eigenvalue weighted by Gasteiger charge is -2.18. The first-order valence-corrected chi connectivity index (χ1v) is 15.9. The summed E-state index contributed by atoms with van der Waals surface area (Å²) in [4.78, 5) is 0.0510. The van der Waals surface area contributed by atoms with E-state index in [0.717, 1.165) is 35.3 Å². The van der Waals surface area contributed by atoms with Crippen molar-refractivity contribution in [2.45, 2.75) is 55.4 Å². The highest BCUT2D eigenvalue weighted by molar-refractivity contribution is 7.89. The number of nitrogens with two attached hydrogens (primary N) is 1. The largest absolute Gasteiger partial charge is 0.489 e. The van der Waals surface area contributed by atoms with Crippen LogP contribution in [0, 0.1) is 0 Å². The van der Waals surface area contributed by atoms with E-state index < -0.39 is 10.0 Å². The van der Waals surface area contributed by atoms with E-state index in [1.165, 1.54) is 6.07 Å². The Morgan fingerprint density at radius 1 is 1.00 bits per heavy atom. The number of nitrogens with zero attached hydrogens (tertiary/aromatic N) is 1. The molecule has 7 nitrogen and oxygen atoms in total. The van der Waals surface area contributed by atoms with Crippen molar-refractivity contribution in [1.29, 1.82) is 0 Å². The van der Waals surface area contributed by atoms with Gasteiger partial charge in [0.25, 0.3) is 0 Å². The minimum absolute atomic E-state index is 0.0299. The number of halogens is 3. The van der Waals surface area contributed by atoms with Gasteiger partial charge in [0.05, 0.1) is 20.5 Å². The van der Waals surface area contributed by atoms with Gasteiger partial charge in [0.15, 0.2) is 0 Å². The Labute approximate surface area is 254 Å². The quantitative estimate of drug-likeness (QED) is 0.167. The molecule has 0 amide bonds. The van der Waals surface area contributed by atoms with Gasteiger partial charge in [-0.25, -0.2) is 13.6 Å². The van der Waals surface area contributed by atoms with Crippen LogP contribution in [0.2, 0.25) is 15.1 Å². The first-order chi connectivity index (χ1) is 19.7. The predicted octanol–water partition coefficient (Wildman–Crippen LogP) is 7.50. The van der Waals surface area contributed by atoms with E-state index in [1.54, 1.807) is 36.4 Å². The van der Waals surface area contributed by atoms with Crippen LogP contribution in [0.4, 0.5) is 0 Å². The number of hydrogen-bond donors (Lipinski definition) is 2. The second-order valence-corrected chi connectivity index (χ2v) is 12.9. The van der Waals surface area contributed by atoms with Crippen LogP contribution in [-0.2, 0) is 23.1 Å². The zero-order chi connectivity index (χ0) is 29.1. The van der Waals surface area contributed by atoms with Crippen LogP contribution in [0.15, 0.2) is 70.1 Å². The first-order valence-electron chi connectivity index (χ1n) is 13.2. The molecule has 1 aliphatic rings. The molecule has 4 aromatic rings. The van der Waals surface area contributed by atoms with Crippen molar-refractivity contribution in [3.63, 3.8) is 0 Å². The van der Waals surface area contributed by atoms with Gasteiger partial charge < -0.3 is 14.4 Å². The van der Waals surface area contributed by atoms with E-state index in [0.29, 0.717) is 57.3 Å². The highest BCUT2D eigenvalue weighted by atomic mass is 35.5. The molecule has 1 fully saturated rings. The van der Waals surface area contributed by atoms with E-state index >= 15 is 0 Å². The van der Waals surface area contributed by atoms with E-state index in [1.807, 2.05) is 18.2 Å². The molecule has 1 heterocycles. The molecule has 0 aliphatic heterocycles. The van der Waals surface area contributed by atoms with Gasteiger partial charge in [-0.15, -0.1) is 0 Å². The fourth-order valence-electron chi connectivity index (χ4n) is 4.93. The number of aliphatic hydroxyl groups excluding tert-OH is 1. The number of benzene rings is 3. The van der Waals surface area contributed by atoms with Gasteiger partial charge in [-0.2, -0.15) is 0 Å². The molecule has 11 heteroatoms. The van der Waals surface area contributed by atoms with Crippen molar-refractivity contribution in [2.24, 2.45) is 5.14 Å². The molecule has 3 aromatic carbocycles. The summed E-state index contributed by atoms with van der Waals surface area (Å²) >= 11 is 19.6. The van der Waals surface area contributed by atoms with Gasteiger partial charge in [0.2, 0.25) is 10.0 Å². The summed E-state index contributed by atoms with van der Waals surface area (Å²) in [5.41, 5.74) is 3.72. The molecule has 0 spiro atoms. The van der Waals surface area contributed by atoms with E-state index in [2.05, 4.69) is 5.16 Å². The standard InChI is InChI=1S/C30H29Cl3N2O5S/c31-25-5-2-6-26(32)28(25)29-24(30(40-35-29)20-9-10-20)17-39-22-12-11-19(27(33)16-22)8-7-18(13-14-36)21-3-1-4-23(15-21)41(34,37)38/h1-6,11-12,15-16,18,20,36H,7-10,13-14,17H2,(H2,34,37,38). The lowest BCUT2D eigenvalue weighted by molar-refractivity contribution is 0.272. The molecule has 0 radical (unpaired) electrons. The third-order valence-electron chi connectivity index (χ3n) is 7.27. The molecule has 1 aliphatic carbocycles. The molecule has 216 valence electrons. The second kappa shape index (κ2) is 12.7. The number of sulfonamides is 1. The third kappa shape index (κ3) is 7.08. The fraction of sp³-hybridized carbons (Fsp3) is 0.300. The van der Waals surface area contributed by atoms with Crippen molar-refractivity contribution >= 4 is 44.8 Å². The summed E-state index contributed by atoms with van der Waals surface area (Å²) in [6.07, 6.45) is 3.81. The Morgan fingerprint density at radius 2 is 1.73 bits per heavy atom. The van der Waals surface area contributed by atoms with Crippen LogP contribution in [0.1, 0.15) is 60.0 Å². The monoisotopic (exact) mass is 634 g/mol. The van der Waals surface area contributed by atoms with E-state index in [9.17, 15) is 13.5 Å². The molecule has 1 unspecified atom stereocenters. The number of hydrogen-bond acceptors (Lipinski definition) is 6. The normalized spacial score (nSPS) is 14.3.